The van der Waals surface area contributed by atoms with Gasteiger partial charge in [-0.3, -0.25) is 0 Å². The molecular weight excluding hydrogens is 315 g/mol. The molecule has 0 nitrogen and oxygen atoms in total. The van der Waals surface area contributed by atoms with Crippen molar-refractivity contribution in [2.24, 2.45) is 0 Å². The second-order valence-electron chi connectivity index (χ2n) is 4.18. The van der Waals surface area contributed by atoms with Crippen molar-refractivity contribution in [3.8, 4) is 0 Å². The lowest BCUT2D eigenvalue weighted by molar-refractivity contribution is 0.898. The summed E-state index contributed by atoms with van der Waals surface area (Å²) in [6.07, 6.45) is 0. The van der Waals surface area contributed by atoms with Crippen LogP contribution in [0, 0.1) is 0 Å². The van der Waals surface area contributed by atoms with Crippen LogP contribution in [0.1, 0.15) is 11.5 Å². The Hall–Kier alpha value is -0.280. The van der Waals surface area contributed by atoms with Crippen LogP contribution in [0.25, 0.3) is 0 Å². The Labute approximate surface area is 133 Å². The van der Waals surface area contributed by atoms with Gasteiger partial charge in [-0.2, -0.15) is 12.6 Å². The fourth-order valence-electron chi connectivity index (χ4n) is 1.76. The summed E-state index contributed by atoms with van der Waals surface area (Å²) < 4.78 is 0. The Morgan fingerprint density at radius 2 is 1.79 bits per heavy atom. The summed E-state index contributed by atoms with van der Waals surface area (Å²) in [5.74, 6) is 2.16. The van der Waals surface area contributed by atoms with Crippen LogP contribution in [0.2, 0.25) is 10.0 Å². The molecule has 19 heavy (non-hydrogen) atoms. The average Bonchev–Trinajstić information content (AvgIpc) is 2.44. The predicted molar refractivity (Wildman–Crippen MR) is 90.2 cm³/mol. The van der Waals surface area contributed by atoms with E-state index in [9.17, 15) is 0 Å². The molecule has 0 aromatic heterocycles. The minimum Gasteiger partial charge on any atom is -0.179 e. The molecule has 0 aliphatic heterocycles. The van der Waals surface area contributed by atoms with Gasteiger partial charge in [0.1, 0.15) is 0 Å². The van der Waals surface area contributed by atoms with Crippen LogP contribution in [0.3, 0.4) is 0 Å². The first-order valence-corrected chi connectivity index (χ1v) is 8.31. The summed E-state index contributed by atoms with van der Waals surface area (Å²) in [6.45, 7) is 0. The predicted octanol–water partition coefficient (Wildman–Crippen LogP) is 5.80. The summed E-state index contributed by atoms with van der Waals surface area (Å²) in [4.78, 5) is 1.02. The molecule has 0 heterocycles. The van der Waals surface area contributed by atoms with Gasteiger partial charge in [0, 0.05) is 21.6 Å². The van der Waals surface area contributed by atoms with Gasteiger partial charge in [-0.15, -0.1) is 11.8 Å². The molecule has 0 aliphatic rings. The number of benzene rings is 2. The van der Waals surface area contributed by atoms with Gasteiger partial charge in [0.25, 0.3) is 0 Å². The highest BCUT2D eigenvalue weighted by atomic mass is 35.5. The number of rotatable bonds is 5. The maximum atomic E-state index is 6.17. The molecule has 0 N–H and O–H groups in total. The van der Waals surface area contributed by atoms with Crippen molar-refractivity contribution in [2.75, 3.05) is 11.5 Å². The lowest BCUT2D eigenvalue weighted by atomic mass is 10.0. The van der Waals surface area contributed by atoms with Crippen LogP contribution in [0.4, 0.5) is 0 Å². The van der Waals surface area contributed by atoms with Gasteiger partial charge in [-0.25, -0.2) is 0 Å². The third-order valence-electron chi connectivity index (χ3n) is 2.82. The standard InChI is InChI=1S/C15H14Cl2S2/c16-13-6-7-14(17)15(8-13)19-10-12(9-18)11-4-2-1-3-5-11/h1-8,12,18H,9-10H2. The Bertz CT molecular complexity index is 529. The van der Waals surface area contributed by atoms with Gasteiger partial charge < -0.3 is 0 Å². The number of hydrogen-bond donors (Lipinski definition) is 1. The molecule has 2 aromatic rings. The Balaban J connectivity index is 2.06. The first-order valence-electron chi connectivity index (χ1n) is 5.94. The summed E-state index contributed by atoms with van der Waals surface area (Å²) in [6, 6.07) is 16.0. The first-order chi connectivity index (χ1) is 9.20. The topological polar surface area (TPSA) is 0 Å². The van der Waals surface area contributed by atoms with Crippen molar-refractivity contribution in [1.29, 1.82) is 0 Å². The molecule has 0 radical (unpaired) electrons. The fraction of sp³-hybridized carbons (Fsp3) is 0.200. The number of thiol groups is 1. The maximum absolute atomic E-state index is 6.17. The van der Waals surface area contributed by atoms with E-state index in [0.29, 0.717) is 10.9 Å². The molecule has 0 amide bonds. The van der Waals surface area contributed by atoms with Gasteiger partial charge in [0.05, 0.1) is 5.02 Å². The highest BCUT2D eigenvalue weighted by Crippen LogP contribution is 2.33. The van der Waals surface area contributed by atoms with Gasteiger partial charge in [-0.1, -0.05) is 53.5 Å². The second-order valence-corrected chi connectivity index (χ2v) is 6.45. The van der Waals surface area contributed by atoms with Crippen molar-refractivity contribution >= 4 is 47.6 Å². The fourth-order valence-corrected chi connectivity index (χ4v) is 3.90. The van der Waals surface area contributed by atoms with Crippen molar-refractivity contribution in [3.63, 3.8) is 0 Å². The van der Waals surface area contributed by atoms with E-state index in [-0.39, 0.29) is 0 Å². The Morgan fingerprint density at radius 1 is 1.05 bits per heavy atom. The minimum absolute atomic E-state index is 0.407. The minimum atomic E-state index is 0.407. The molecule has 1 unspecified atom stereocenters. The molecule has 0 aliphatic carbocycles. The number of thioether (sulfide) groups is 1. The van der Waals surface area contributed by atoms with Crippen LogP contribution in [-0.4, -0.2) is 11.5 Å². The molecule has 0 fully saturated rings. The van der Waals surface area contributed by atoms with Crippen molar-refractivity contribution < 1.29 is 0 Å². The van der Waals surface area contributed by atoms with Crippen LogP contribution in [-0.2, 0) is 0 Å². The summed E-state index contributed by atoms with van der Waals surface area (Å²) in [5, 5.41) is 1.47. The van der Waals surface area contributed by atoms with Crippen molar-refractivity contribution in [2.45, 2.75) is 10.8 Å². The van der Waals surface area contributed by atoms with Crippen LogP contribution in [0.5, 0.6) is 0 Å². The van der Waals surface area contributed by atoms with E-state index in [1.165, 1.54) is 5.56 Å². The van der Waals surface area contributed by atoms with E-state index in [1.807, 2.05) is 18.2 Å². The van der Waals surface area contributed by atoms with E-state index in [4.69, 9.17) is 23.2 Å². The molecular formula is C15H14Cl2S2. The zero-order valence-electron chi connectivity index (χ0n) is 10.2. The quantitative estimate of drug-likeness (QED) is 0.534. The van der Waals surface area contributed by atoms with Gasteiger partial charge in [0.15, 0.2) is 0 Å². The van der Waals surface area contributed by atoms with E-state index in [0.717, 1.165) is 21.4 Å². The highest BCUT2D eigenvalue weighted by molar-refractivity contribution is 7.99. The maximum Gasteiger partial charge on any atom is 0.0542 e. The van der Waals surface area contributed by atoms with Crippen LogP contribution in [0.15, 0.2) is 53.4 Å². The van der Waals surface area contributed by atoms with Crippen molar-refractivity contribution in [3.05, 3.63) is 64.1 Å². The lowest BCUT2D eigenvalue weighted by Crippen LogP contribution is -2.03. The molecule has 0 bridgehead atoms. The van der Waals surface area contributed by atoms with E-state index in [1.54, 1.807) is 17.8 Å². The zero-order chi connectivity index (χ0) is 13.7. The van der Waals surface area contributed by atoms with Crippen LogP contribution >= 0.6 is 47.6 Å². The zero-order valence-corrected chi connectivity index (χ0v) is 13.4. The normalized spacial score (nSPS) is 12.4. The molecule has 100 valence electrons. The molecule has 2 rings (SSSR count). The van der Waals surface area contributed by atoms with Gasteiger partial charge >= 0.3 is 0 Å². The second kappa shape index (κ2) is 7.49. The van der Waals surface area contributed by atoms with Gasteiger partial charge in [-0.05, 0) is 29.5 Å². The van der Waals surface area contributed by atoms with Crippen molar-refractivity contribution in [1.82, 2.24) is 0 Å². The molecule has 4 heteroatoms. The average molecular weight is 329 g/mol. The van der Waals surface area contributed by atoms with E-state index >= 15 is 0 Å². The monoisotopic (exact) mass is 328 g/mol. The SMILES string of the molecule is SCC(CSc1cc(Cl)ccc1Cl)c1ccccc1. The van der Waals surface area contributed by atoms with E-state index in [2.05, 4.69) is 36.9 Å². The molecule has 1 atom stereocenters. The smallest absolute Gasteiger partial charge is 0.0542 e. The highest BCUT2D eigenvalue weighted by Gasteiger charge is 2.11. The molecule has 2 aromatic carbocycles. The third kappa shape index (κ3) is 4.35. The Kier molecular flexibility index (Phi) is 5.96. The largest absolute Gasteiger partial charge is 0.179 e. The summed E-state index contributed by atoms with van der Waals surface area (Å²) >= 11 is 18.3. The summed E-state index contributed by atoms with van der Waals surface area (Å²) in [5.41, 5.74) is 1.31. The summed E-state index contributed by atoms with van der Waals surface area (Å²) in [7, 11) is 0. The third-order valence-corrected chi connectivity index (χ3v) is 5.16. The van der Waals surface area contributed by atoms with Crippen LogP contribution < -0.4 is 0 Å². The number of halogens is 2. The molecule has 0 spiro atoms. The molecule has 0 saturated heterocycles. The lowest BCUT2D eigenvalue weighted by Gasteiger charge is -2.15. The van der Waals surface area contributed by atoms with Gasteiger partial charge in [0.2, 0.25) is 0 Å². The van der Waals surface area contributed by atoms with E-state index < -0.39 is 0 Å². The molecule has 0 saturated carbocycles. The number of hydrogen-bond acceptors (Lipinski definition) is 2. The first kappa shape index (κ1) is 15.1. The Morgan fingerprint density at radius 3 is 2.47 bits per heavy atom.